The fraction of sp³-hybridized carbons (Fsp3) is 0.312. The second-order valence-corrected chi connectivity index (χ2v) is 10.6. The molecule has 9 nitrogen and oxygen atoms in total. The van der Waals surface area contributed by atoms with Crippen molar-refractivity contribution in [2.24, 2.45) is 0 Å². The summed E-state index contributed by atoms with van der Waals surface area (Å²) in [6.45, 7) is 3.71. The number of nitrogens with zero attached hydrogens (tertiary/aromatic N) is 5. The van der Waals surface area contributed by atoms with Crippen molar-refractivity contribution < 1.29 is 14.3 Å². The molecule has 1 saturated heterocycles. The maximum Gasteiger partial charge on any atom is 0.252 e. The highest BCUT2D eigenvalue weighted by Gasteiger charge is 2.24. The van der Waals surface area contributed by atoms with E-state index < -0.39 is 6.04 Å². The van der Waals surface area contributed by atoms with E-state index >= 15 is 0 Å². The molecule has 5 rings (SSSR count). The number of fused-ring (bicyclic) bond motifs is 1. The van der Waals surface area contributed by atoms with Crippen LogP contribution in [0.15, 0.2) is 73.1 Å². The summed E-state index contributed by atoms with van der Waals surface area (Å²) in [5, 5.41) is 3.87. The smallest absolute Gasteiger partial charge is 0.252 e. The summed E-state index contributed by atoms with van der Waals surface area (Å²) in [4.78, 5) is 41.5. The molecule has 1 aromatic heterocycles. The lowest BCUT2D eigenvalue weighted by atomic mass is 9.99. The normalized spacial score (nSPS) is 14.5. The van der Waals surface area contributed by atoms with E-state index in [2.05, 4.69) is 32.1 Å². The third-order valence-electron chi connectivity index (χ3n) is 7.54. The molecule has 4 aromatic rings. The van der Waals surface area contributed by atoms with Crippen LogP contribution in [0.2, 0.25) is 0 Å². The number of carbonyl (C=O) groups is 2. The first-order valence-electron chi connectivity index (χ1n) is 13.8. The molecule has 2 amide bonds. The topological polar surface area (TPSA) is 90.9 Å². The van der Waals surface area contributed by atoms with Gasteiger partial charge >= 0.3 is 0 Å². The molecule has 1 N–H and O–H groups in total. The van der Waals surface area contributed by atoms with Crippen molar-refractivity contribution in [3.8, 4) is 16.9 Å². The van der Waals surface area contributed by atoms with Gasteiger partial charge in [0.25, 0.3) is 5.91 Å². The van der Waals surface area contributed by atoms with Gasteiger partial charge in [-0.2, -0.15) is 0 Å². The van der Waals surface area contributed by atoms with E-state index in [1.54, 1.807) is 39.7 Å². The number of likely N-dealkylation sites (N-methyl/N-ethyl adjacent to an activating group) is 2. The van der Waals surface area contributed by atoms with E-state index in [1.165, 1.54) is 4.90 Å². The van der Waals surface area contributed by atoms with Crippen LogP contribution in [0.25, 0.3) is 22.0 Å². The summed E-state index contributed by atoms with van der Waals surface area (Å²) < 4.78 is 5.50. The number of rotatable bonds is 8. The van der Waals surface area contributed by atoms with Gasteiger partial charge in [-0.3, -0.25) is 9.59 Å². The number of carbonyl (C=O) groups excluding carboxylic acids is 2. The number of ether oxygens (including phenoxy) is 1. The number of aromatic nitrogens is 2. The number of anilines is 1. The lowest BCUT2D eigenvalue weighted by molar-refractivity contribution is -0.130. The van der Waals surface area contributed by atoms with Gasteiger partial charge in [-0.25, -0.2) is 9.97 Å². The van der Waals surface area contributed by atoms with Gasteiger partial charge < -0.3 is 24.8 Å². The molecule has 3 aromatic carbocycles. The van der Waals surface area contributed by atoms with Gasteiger partial charge in [-0.1, -0.05) is 42.5 Å². The predicted molar refractivity (Wildman–Crippen MR) is 161 cm³/mol. The van der Waals surface area contributed by atoms with Gasteiger partial charge in [0, 0.05) is 63.2 Å². The van der Waals surface area contributed by atoms with Crippen LogP contribution in [0.4, 0.5) is 5.82 Å². The Labute approximate surface area is 240 Å². The Morgan fingerprint density at radius 1 is 0.976 bits per heavy atom. The largest absolute Gasteiger partial charge is 0.496 e. The molecular formula is C32H36N6O3. The minimum Gasteiger partial charge on any atom is -0.496 e. The van der Waals surface area contributed by atoms with Crippen LogP contribution in [0.3, 0.4) is 0 Å². The Morgan fingerprint density at radius 2 is 1.71 bits per heavy atom. The van der Waals surface area contributed by atoms with E-state index in [0.29, 0.717) is 17.5 Å². The first kappa shape index (κ1) is 28.0. The molecule has 0 unspecified atom stereocenters. The molecule has 1 aliphatic rings. The lowest BCUT2D eigenvalue weighted by Crippen LogP contribution is -2.47. The van der Waals surface area contributed by atoms with Gasteiger partial charge in [0.15, 0.2) is 0 Å². The Kier molecular flexibility index (Phi) is 8.45. The highest BCUT2D eigenvalue weighted by atomic mass is 16.5. The number of para-hydroxylation sites is 1. The lowest BCUT2D eigenvalue weighted by Gasteiger charge is -2.33. The summed E-state index contributed by atoms with van der Waals surface area (Å²) >= 11 is 0. The van der Waals surface area contributed by atoms with E-state index in [9.17, 15) is 9.59 Å². The molecule has 1 atom stereocenters. The first-order valence-corrected chi connectivity index (χ1v) is 13.8. The van der Waals surface area contributed by atoms with Crippen LogP contribution < -0.4 is 15.0 Å². The SMILES string of the molecule is COc1ccccc1-c1ccc(C[C@H](NC(=O)c2ccc3c(N4CCN(C)CC4)ncnc3c2)C(=O)N(C)C)cc1. The Hall–Kier alpha value is -4.50. The summed E-state index contributed by atoms with van der Waals surface area (Å²) in [7, 11) is 7.16. The monoisotopic (exact) mass is 552 g/mol. The number of methoxy groups -OCH3 is 1. The van der Waals surface area contributed by atoms with E-state index in [4.69, 9.17) is 4.74 Å². The quantitative estimate of drug-likeness (QED) is 0.358. The molecule has 0 saturated carbocycles. The standard InChI is InChI=1S/C32H36N6O3/c1-36(2)32(40)28(19-22-9-11-23(12-10-22)25-7-5-6-8-29(25)41-4)35-31(39)24-13-14-26-27(20-24)33-21-34-30(26)38-17-15-37(3)16-18-38/h5-14,20-21,28H,15-19H2,1-4H3,(H,35,39)/t28-/m0/s1. The number of benzene rings is 3. The zero-order chi connectivity index (χ0) is 28.9. The highest BCUT2D eigenvalue weighted by molar-refractivity contribution is 6.01. The third-order valence-corrected chi connectivity index (χ3v) is 7.54. The minimum absolute atomic E-state index is 0.173. The van der Waals surface area contributed by atoms with Gasteiger partial charge in [0.2, 0.25) is 5.91 Å². The summed E-state index contributed by atoms with van der Waals surface area (Å²) in [5.41, 5.74) is 4.09. The van der Waals surface area contributed by atoms with E-state index in [0.717, 1.165) is 59.8 Å². The predicted octanol–water partition coefficient (Wildman–Crippen LogP) is 3.49. The third kappa shape index (κ3) is 6.30. The van der Waals surface area contributed by atoms with E-state index in [-0.39, 0.29) is 11.8 Å². The maximum absolute atomic E-state index is 13.4. The molecule has 9 heteroatoms. The Bertz CT molecular complexity index is 1530. The van der Waals surface area contributed by atoms with Crippen molar-refractivity contribution in [1.29, 1.82) is 0 Å². The Balaban J connectivity index is 1.34. The molecule has 0 radical (unpaired) electrons. The van der Waals surface area contributed by atoms with Crippen molar-refractivity contribution in [2.45, 2.75) is 12.5 Å². The molecule has 0 aliphatic carbocycles. The summed E-state index contributed by atoms with van der Waals surface area (Å²) in [6, 6.07) is 20.5. The Morgan fingerprint density at radius 3 is 2.41 bits per heavy atom. The molecule has 0 bridgehead atoms. The molecule has 0 spiro atoms. The number of hydrogen-bond acceptors (Lipinski definition) is 7. The average Bonchev–Trinajstić information content (AvgIpc) is 3.00. The van der Waals surface area contributed by atoms with Gasteiger partial charge in [0.1, 0.15) is 23.9 Å². The molecule has 1 aliphatic heterocycles. The van der Waals surface area contributed by atoms with E-state index in [1.807, 2.05) is 54.6 Å². The first-order chi connectivity index (χ1) is 19.8. The van der Waals surface area contributed by atoms with Crippen LogP contribution in [0.5, 0.6) is 5.75 Å². The zero-order valence-corrected chi connectivity index (χ0v) is 24.0. The maximum atomic E-state index is 13.4. The number of hydrogen-bond donors (Lipinski definition) is 1. The summed E-state index contributed by atoms with van der Waals surface area (Å²) in [6.07, 6.45) is 1.91. The summed E-state index contributed by atoms with van der Waals surface area (Å²) in [5.74, 6) is 1.18. The van der Waals surface area contributed by atoms with Crippen LogP contribution in [-0.2, 0) is 11.2 Å². The molecular weight excluding hydrogens is 516 g/mol. The van der Waals surface area contributed by atoms with Crippen molar-refractivity contribution in [3.63, 3.8) is 0 Å². The van der Waals surface area contributed by atoms with Gasteiger partial charge in [-0.15, -0.1) is 0 Å². The van der Waals surface area contributed by atoms with Crippen LogP contribution in [0, 0.1) is 0 Å². The number of piperazine rings is 1. The zero-order valence-electron chi connectivity index (χ0n) is 24.0. The number of amides is 2. The minimum atomic E-state index is -0.725. The van der Waals surface area contributed by atoms with Crippen molar-refractivity contribution in [3.05, 3.63) is 84.2 Å². The van der Waals surface area contributed by atoms with Crippen molar-refractivity contribution >= 4 is 28.5 Å². The van der Waals surface area contributed by atoms with Gasteiger partial charge in [0.05, 0.1) is 12.6 Å². The van der Waals surface area contributed by atoms with Crippen LogP contribution in [-0.4, -0.2) is 92.1 Å². The second kappa shape index (κ2) is 12.3. The molecule has 212 valence electrons. The van der Waals surface area contributed by atoms with Gasteiger partial charge in [-0.05, 0) is 42.4 Å². The van der Waals surface area contributed by atoms with Crippen molar-refractivity contribution in [2.75, 3.05) is 59.3 Å². The molecule has 1 fully saturated rings. The number of nitrogens with one attached hydrogen (secondary N) is 1. The van der Waals surface area contributed by atoms with Crippen LogP contribution >= 0.6 is 0 Å². The second-order valence-electron chi connectivity index (χ2n) is 10.6. The molecule has 2 heterocycles. The highest BCUT2D eigenvalue weighted by Crippen LogP contribution is 2.30. The average molecular weight is 553 g/mol. The van der Waals surface area contributed by atoms with Crippen LogP contribution in [0.1, 0.15) is 15.9 Å². The fourth-order valence-electron chi connectivity index (χ4n) is 5.15. The van der Waals surface area contributed by atoms with Crippen molar-refractivity contribution in [1.82, 2.24) is 25.1 Å². The fourth-order valence-corrected chi connectivity index (χ4v) is 5.15. The molecule has 41 heavy (non-hydrogen) atoms.